The third-order valence-corrected chi connectivity index (χ3v) is 3.45. The van der Waals surface area contributed by atoms with E-state index in [0.717, 1.165) is 10.7 Å². The van der Waals surface area contributed by atoms with Crippen LogP contribution >= 0.6 is 11.3 Å². The van der Waals surface area contributed by atoms with Gasteiger partial charge in [-0.25, -0.2) is 20.8 Å². The Bertz CT molecular complexity index is 515. The number of nitrogens with one attached hydrogen (secondary N) is 1. The molecule has 3 N–H and O–H groups in total. The Morgan fingerprint density at radius 2 is 2.06 bits per heavy atom. The minimum absolute atomic E-state index is 0.0483. The highest BCUT2D eigenvalue weighted by Crippen LogP contribution is 2.28. The molecule has 0 atom stereocenters. The van der Waals surface area contributed by atoms with Gasteiger partial charge in [-0.15, -0.1) is 11.3 Å². The SMILES string of the molecule is CC(C)(C)c1nc(-c2nccc(NN)n2)cs1. The molecule has 0 saturated heterocycles. The normalized spacial score (nSPS) is 11.5. The van der Waals surface area contributed by atoms with Crippen molar-refractivity contribution in [3.8, 4) is 11.5 Å². The van der Waals surface area contributed by atoms with E-state index in [0.29, 0.717) is 11.6 Å². The van der Waals surface area contributed by atoms with Gasteiger partial charge in [0.25, 0.3) is 0 Å². The van der Waals surface area contributed by atoms with Gasteiger partial charge in [-0.05, 0) is 0 Å². The van der Waals surface area contributed by atoms with Gasteiger partial charge in [-0.3, -0.25) is 0 Å². The molecule has 0 aliphatic rings. The van der Waals surface area contributed by atoms with Crippen molar-refractivity contribution in [3.63, 3.8) is 0 Å². The number of nitrogens with two attached hydrogens (primary N) is 1. The van der Waals surface area contributed by atoms with Crippen molar-refractivity contribution in [1.82, 2.24) is 15.0 Å². The van der Waals surface area contributed by atoms with E-state index in [4.69, 9.17) is 5.84 Å². The molecular formula is C11H15N5S. The van der Waals surface area contributed by atoms with Crippen molar-refractivity contribution >= 4 is 17.2 Å². The summed E-state index contributed by atoms with van der Waals surface area (Å²) in [7, 11) is 0. The second kappa shape index (κ2) is 4.38. The van der Waals surface area contributed by atoms with Crippen LogP contribution < -0.4 is 11.3 Å². The van der Waals surface area contributed by atoms with Crippen LogP contribution in [-0.2, 0) is 5.41 Å². The van der Waals surface area contributed by atoms with Crippen LogP contribution in [0.15, 0.2) is 17.6 Å². The Balaban J connectivity index is 2.37. The third-order valence-electron chi connectivity index (χ3n) is 2.18. The lowest BCUT2D eigenvalue weighted by molar-refractivity contribution is 0.586. The summed E-state index contributed by atoms with van der Waals surface area (Å²) < 4.78 is 0. The molecule has 0 aromatic carbocycles. The van der Waals surface area contributed by atoms with Crippen molar-refractivity contribution in [2.75, 3.05) is 5.43 Å². The summed E-state index contributed by atoms with van der Waals surface area (Å²) in [5.41, 5.74) is 3.34. The Morgan fingerprint density at radius 1 is 1.29 bits per heavy atom. The smallest absolute Gasteiger partial charge is 0.181 e. The molecule has 2 heterocycles. The fourth-order valence-corrected chi connectivity index (χ4v) is 2.17. The summed E-state index contributed by atoms with van der Waals surface area (Å²) in [4.78, 5) is 13.0. The lowest BCUT2D eigenvalue weighted by Gasteiger charge is -2.13. The molecule has 0 radical (unpaired) electrons. The van der Waals surface area contributed by atoms with Crippen molar-refractivity contribution in [1.29, 1.82) is 0 Å². The largest absolute Gasteiger partial charge is 0.308 e. The topological polar surface area (TPSA) is 76.7 Å². The van der Waals surface area contributed by atoms with Crippen LogP contribution in [-0.4, -0.2) is 15.0 Å². The first-order chi connectivity index (χ1) is 8.00. The highest BCUT2D eigenvalue weighted by molar-refractivity contribution is 7.10. The van der Waals surface area contributed by atoms with E-state index in [-0.39, 0.29) is 5.41 Å². The van der Waals surface area contributed by atoms with Crippen molar-refractivity contribution in [2.24, 2.45) is 5.84 Å². The summed E-state index contributed by atoms with van der Waals surface area (Å²) in [6.45, 7) is 6.40. The average Bonchev–Trinajstić information content (AvgIpc) is 2.78. The third kappa shape index (κ3) is 2.59. The molecule has 0 saturated carbocycles. The predicted molar refractivity (Wildman–Crippen MR) is 69.7 cm³/mol. The fourth-order valence-electron chi connectivity index (χ4n) is 1.28. The second-order valence-electron chi connectivity index (χ2n) is 4.70. The van der Waals surface area contributed by atoms with Gasteiger partial charge in [0.15, 0.2) is 5.82 Å². The first-order valence-electron chi connectivity index (χ1n) is 5.27. The number of hydrogen-bond donors (Lipinski definition) is 2. The van der Waals surface area contributed by atoms with Crippen LogP contribution in [0.4, 0.5) is 5.82 Å². The number of thiazole rings is 1. The summed E-state index contributed by atoms with van der Waals surface area (Å²) in [5.74, 6) is 6.49. The monoisotopic (exact) mass is 249 g/mol. The van der Waals surface area contributed by atoms with Crippen molar-refractivity contribution in [3.05, 3.63) is 22.7 Å². The van der Waals surface area contributed by atoms with Crippen LogP contribution in [0.25, 0.3) is 11.5 Å². The van der Waals surface area contributed by atoms with Crippen LogP contribution in [0.2, 0.25) is 0 Å². The number of rotatable bonds is 2. The van der Waals surface area contributed by atoms with Crippen molar-refractivity contribution in [2.45, 2.75) is 26.2 Å². The standard InChI is InChI=1S/C11H15N5S/c1-11(2,3)10-14-7(6-17-10)9-13-5-4-8(15-9)16-12/h4-6H,12H2,1-3H3,(H,13,15,16). The molecule has 0 spiro atoms. The van der Waals surface area contributed by atoms with Gasteiger partial charge >= 0.3 is 0 Å². The highest BCUT2D eigenvalue weighted by Gasteiger charge is 2.19. The number of hydrogen-bond acceptors (Lipinski definition) is 6. The number of hydrazine groups is 1. The number of nitrogen functional groups attached to an aromatic ring is 1. The van der Waals surface area contributed by atoms with Gasteiger partial charge in [0.1, 0.15) is 11.5 Å². The lowest BCUT2D eigenvalue weighted by atomic mass is 9.98. The maximum atomic E-state index is 5.31. The molecule has 5 nitrogen and oxygen atoms in total. The number of nitrogens with zero attached hydrogens (tertiary/aromatic N) is 3. The van der Waals surface area contributed by atoms with E-state index in [1.165, 1.54) is 0 Å². The van der Waals surface area contributed by atoms with Crippen LogP contribution in [0.3, 0.4) is 0 Å². The van der Waals surface area contributed by atoms with Crippen LogP contribution in [0.5, 0.6) is 0 Å². The van der Waals surface area contributed by atoms with Gasteiger partial charge in [0, 0.05) is 23.1 Å². The maximum absolute atomic E-state index is 5.31. The minimum Gasteiger partial charge on any atom is -0.308 e. The molecule has 0 bridgehead atoms. The zero-order valence-electron chi connectivity index (χ0n) is 10.1. The minimum atomic E-state index is 0.0483. The molecule has 0 aliphatic carbocycles. The first-order valence-corrected chi connectivity index (χ1v) is 6.15. The molecule has 17 heavy (non-hydrogen) atoms. The van der Waals surface area contributed by atoms with E-state index in [1.54, 1.807) is 23.6 Å². The maximum Gasteiger partial charge on any atom is 0.181 e. The van der Waals surface area contributed by atoms with Gasteiger partial charge in [0.05, 0.1) is 5.01 Å². The van der Waals surface area contributed by atoms with E-state index >= 15 is 0 Å². The molecule has 6 heteroatoms. The Morgan fingerprint density at radius 3 is 2.65 bits per heavy atom. The zero-order chi connectivity index (χ0) is 12.5. The molecular weight excluding hydrogens is 234 g/mol. The molecule has 0 fully saturated rings. The van der Waals surface area contributed by atoms with E-state index < -0.39 is 0 Å². The lowest BCUT2D eigenvalue weighted by Crippen LogP contribution is -2.11. The molecule has 2 rings (SSSR count). The molecule has 2 aromatic rings. The Kier molecular flexibility index (Phi) is 3.08. The van der Waals surface area contributed by atoms with E-state index in [1.807, 2.05) is 5.38 Å². The highest BCUT2D eigenvalue weighted by atomic mass is 32.1. The zero-order valence-corrected chi connectivity index (χ0v) is 10.9. The van der Waals surface area contributed by atoms with E-state index in [9.17, 15) is 0 Å². The quantitative estimate of drug-likeness (QED) is 0.630. The second-order valence-corrected chi connectivity index (χ2v) is 5.56. The first kappa shape index (κ1) is 11.9. The van der Waals surface area contributed by atoms with Gasteiger partial charge in [-0.1, -0.05) is 20.8 Å². The van der Waals surface area contributed by atoms with Crippen LogP contribution in [0.1, 0.15) is 25.8 Å². The van der Waals surface area contributed by atoms with Crippen LogP contribution in [0, 0.1) is 0 Å². The fraction of sp³-hybridized carbons (Fsp3) is 0.364. The average molecular weight is 249 g/mol. The van der Waals surface area contributed by atoms with Gasteiger partial charge < -0.3 is 5.43 Å². The summed E-state index contributed by atoms with van der Waals surface area (Å²) in [5, 5.41) is 3.04. The van der Waals surface area contributed by atoms with Crippen molar-refractivity contribution < 1.29 is 0 Å². The molecule has 2 aromatic heterocycles. The number of anilines is 1. The molecule has 0 amide bonds. The molecule has 0 unspecified atom stereocenters. The summed E-state index contributed by atoms with van der Waals surface area (Å²) in [6.07, 6.45) is 1.66. The van der Waals surface area contributed by atoms with Gasteiger partial charge in [-0.2, -0.15) is 0 Å². The molecule has 90 valence electrons. The van der Waals surface area contributed by atoms with Gasteiger partial charge in [0.2, 0.25) is 0 Å². The Hall–Kier alpha value is -1.53. The number of aromatic nitrogens is 3. The Labute approximate surface area is 104 Å². The summed E-state index contributed by atoms with van der Waals surface area (Å²) in [6, 6.07) is 1.71. The summed E-state index contributed by atoms with van der Waals surface area (Å²) >= 11 is 1.62. The predicted octanol–water partition coefficient (Wildman–Crippen LogP) is 2.18. The van der Waals surface area contributed by atoms with E-state index in [2.05, 4.69) is 41.1 Å². The molecule has 0 aliphatic heterocycles.